The molecular formula is C19H16F2N4O2S. The van der Waals surface area contributed by atoms with E-state index in [9.17, 15) is 18.4 Å². The molecule has 144 valence electrons. The summed E-state index contributed by atoms with van der Waals surface area (Å²) in [5.41, 5.74) is 0.874. The van der Waals surface area contributed by atoms with Gasteiger partial charge < -0.3 is 4.90 Å². The molecule has 0 bridgehead atoms. The van der Waals surface area contributed by atoms with E-state index in [1.807, 2.05) is 0 Å². The maximum atomic E-state index is 14.7. The first-order chi connectivity index (χ1) is 13.3. The Balaban J connectivity index is 1.91. The standard InChI is InChI=1S/C19H16F2N4O2S/c1-13(26)25-16(14-9-5-3-6-10-14)22-23-18(25)28-19(20,21)17(27)24(2)15-11-7-4-8-12-15/h3-12H,1-2H3. The number of halogens is 2. The van der Waals surface area contributed by atoms with Gasteiger partial charge in [0, 0.05) is 25.2 Å². The van der Waals surface area contributed by atoms with Crippen LogP contribution in [0.4, 0.5) is 14.5 Å². The zero-order valence-electron chi connectivity index (χ0n) is 15.0. The van der Waals surface area contributed by atoms with Crippen molar-refractivity contribution in [1.82, 2.24) is 14.8 Å². The summed E-state index contributed by atoms with van der Waals surface area (Å²) < 4.78 is 30.3. The second-order valence-electron chi connectivity index (χ2n) is 5.85. The number of aromatic nitrogens is 3. The van der Waals surface area contributed by atoms with E-state index in [-0.39, 0.29) is 22.7 Å². The number of rotatable bonds is 5. The molecule has 0 fully saturated rings. The molecule has 0 radical (unpaired) electrons. The molecule has 28 heavy (non-hydrogen) atoms. The normalized spacial score (nSPS) is 11.3. The van der Waals surface area contributed by atoms with Crippen LogP contribution in [0.1, 0.15) is 11.7 Å². The summed E-state index contributed by atoms with van der Waals surface area (Å²) in [7, 11) is 1.26. The van der Waals surface area contributed by atoms with Crippen molar-refractivity contribution in [3.05, 3.63) is 60.7 Å². The average Bonchev–Trinajstić information content (AvgIpc) is 3.11. The molecular weight excluding hydrogens is 386 g/mol. The molecule has 0 aliphatic heterocycles. The fourth-order valence-corrected chi connectivity index (χ4v) is 3.36. The van der Waals surface area contributed by atoms with E-state index in [4.69, 9.17) is 0 Å². The largest absolute Gasteiger partial charge is 0.378 e. The zero-order chi connectivity index (χ0) is 20.3. The number of anilines is 1. The number of benzene rings is 2. The van der Waals surface area contributed by atoms with Gasteiger partial charge in [-0.15, -0.1) is 10.2 Å². The quantitative estimate of drug-likeness (QED) is 0.605. The maximum Gasteiger partial charge on any atom is 0.378 e. The number of hydrogen-bond donors (Lipinski definition) is 0. The minimum absolute atomic E-state index is 0.109. The van der Waals surface area contributed by atoms with Crippen LogP contribution in [0, 0.1) is 0 Å². The van der Waals surface area contributed by atoms with Crippen molar-refractivity contribution in [1.29, 1.82) is 0 Å². The van der Waals surface area contributed by atoms with E-state index < -0.39 is 17.1 Å². The van der Waals surface area contributed by atoms with E-state index in [1.165, 1.54) is 14.0 Å². The second-order valence-corrected chi connectivity index (χ2v) is 6.93. The van der Waals surface area contributed by atoms with Gasteiger partial charge >= 0.3 is 11.2 Å². The number of carbonyl (C=O) groups is 2. The fourth-order valence-electron chi connectivity index (χ4n) is 2.52. The van der Waals surface area contributed by atoms with Gasteiger partial charge in [-0.2, -0.15) is 8.78 Å². The summed E-state index contributed by atoms with van der Waals surface area (Å²) in [6, 6.07) is 16.7. The molecule has 0 aliphatic rings. The monoisotopic (exact) mass is 402 g/mol. The predicted octanol–water partition coefficient (Wildman–Crippen LogP) is 3.95. The van der Waals surface area contributed by atoms with E-state index >= 15 is 0 Å². The molecule has 0 unspecified atom stereocenters. The van der Waals surface area contributed by atoms with Gasteiger partial charge in [-0.3, -0.25) is 9.59 Å². The van der Waals surface area contributed by atoms with Crippen LogP contribution >= 0.6 is 11.8 Å². The highest BCUT2D eigenvalue weighted by atomic mass is 32.2. The minimum atomic E-state index is -3.85. The van der Waals surface area contributed by atoms with Crippen molar-refractivity contribution in [2.45, 2.75) is 17.3 Å². The molecule has 0 N–H and O–H groups in total. The van der Waals surface area contributed by atoms with E-state index in [0.717, 1.165) is 9.47 Å². The number of carbonyl (C=O) groups excluding carboxylic acids is 2. The smallest absolute Gasteiger partial charge is 0.309 e. The molecule has 0 atom stereocenters. The first-order valence-corrected chi connectivity index (χ1v) is 9.04. The summed E-state index contributed by atoms with van der Waals surface area (Å²) in [5, 5.41) is 3.38. The highest BCUT2D eigenvalue weighted by Crippen LogP contribution is 2.38. The maximum absolute atomic E-state index is 14.7. The summed E-state index contributed by atoms with van der Waals surface area (Å²) >= 11 is -0.109. The van der Waals surface area contributed by atoms with Crippen LogP contribution in [-0.4, -0.2) is 38.9 Å². The van der Waals surface area contributed by atoms with E-state index in [0.29, 0.717) is 11.3 Å². The van der Waals surface area contributed by atoms with Crippen LogP contribution in [0.15, 0.2) is 65.8 Å². The minimum Gasteiger partial charge on any atom is -0.309 e. The molecule has 1 amide bonds. The number of thioether (sulfide) groups is 1. The van der Waals surface area contributed by atoms with Crippen LogP contribution < -0.4 is 4.90 Å². The first kappa shape index (κ1) is 19.7. The number of alkyl halides is 2. The van der Waals surface area contributed by atoms with E-state index in [2.05, 4.69) is 10.2 Å². The molecule has 0 aliphatic carbocycles. The summed E-state index contributed by atoms with van der Waals surface area (Å²) in [5.74, 6) is -1.83. The van der Waals surface area contributed by atoms with Crippen molar-refractivity contribution in [3.63, 3.8) is 0 Å². The Kier molecular flexibility index (Phi) is 5.55. The lowest BCUT2D eigenvalue weighted by atomic mass is 10.2. The van der Waals surface area contributed by atoms with Crippen molar-refractivity contribution < 1.29 is 18.4 Å². The van der Waals surface area contributed by atoms with Crippen molar-refractivity contribution in [2.24, 2.45) is 0 Å². The highest BCUT2D eigenvalue weighted by Gasteiger charge is 2.45. The van der Waals surface area contributed by atoms with Crippen molar-refractivity contribution in [2.75, 3.05) is 11.9 Å². The van der Waals surface area contributed by atoms with Gasteiger partial charge in [0.1, 0.15) is 0 Å². The molecule has 0 saturated heterocycles. The Morgan fingerprint density at radius 2 is 1.57 bits per heavy atom. The molecule has 1 heterocycles. The van der Waals surface area contributed by atoms with Gasteiger partial charge in [-0.25, -0.2) is 4.57 Å². The van der Waals surface area contributed by atoms with Gasteiger partial charge in [-0.05, 0) is 23.9 Å². The molecule has 0 saturated carbocycles. The number of hydrogen-bond acceptors (Lipinski definition) is 5. The number of amides is 1. The van der Waals surface area contributed by atoms with Gasteiger partial charge in [0.15, 0.2) is 5.82 Å². The van der Waals surface area contributed by atoms with Gasteiger partial charge in [0.25, 0.3) is 0 Å². The predicted molar refractivity (Wildman–Crippen MR) is 102 cm³/mol. The Morgan fingerprint density at radius 3 is 2.14 bits per heavy atom. The van der Waals surface area contributed by atoms with Gasteiger partial charge in [0.05, 0.1) is 0 Å². The summed E-state index contributed by atoms with van der Waals surface area (Å²) in [4.78, 5) is 25.3. The zero-order valence-corrected chi connectivity index (χ0v) is 15.9. The van der Waals surface area contributed by atoms with Crippen molar-refractivity contribution in [3.8, 4) is 11.4 Å². The molecule has 3 aromatic rings. The molecule has 9 heteroatoms. The lowest BCUT2D eigenvalue weighted by Crippen LogP contribution is -2.39. The Hall–Kier alpha value is -3.07. The SMILES string of the molecule is CC(=O)n1c(SC(F)(F)C(=O)N(C)c2ccccc2)nnc1-c1ccccc1. The molecule has 1 aromatic heterocycles. The lowest BCUT2D eigenvalue weighted by Gasteiger charge is -2.22. The van der Waals surface area contributed by atoms with Crippen LogP contribution in [0.3, 0.4) is 0 Å². The molecule has 0 spiro atoms. The average molecular weight is 402 g/mol. The number of para-hydroxylation sites is 1. The second kappa shape index (κ2) is 7.89. The molecule has 3 rings (SSSR count). The Bertz CT molecular complexity index is 994. The first-order valence-electron chi connectivity index (χ1n) is 8.23. The van der Waals surface area contributed by atoms with Crippen molar-refractivity contribution >= 4 is 29.3 Å². The van der Waals surface area contributed by atoms with Crippen LogP contribution in [0.5, 0.6) is 0 Å². The Labute approximate surface area is 164 Å². The third-order valence-electron chi connectivity index (χ3n) is 3.90. The summed E-state index contributed by atoms with van der Waals surface area (Å²) in [6.45, 7) is 1.22. The third kappa shape index (κ3) is 3.94. The van der Waals surface area contributed by atoms with Crippen LogP contribution in [-0.2, 0) is 4.79 Å². The van der Waals surface area contributed by atoms with E-state index in [1.54, 1.807) is 60.7 Å². The topological polar surface area (TPSA) is 68.1 Å². The van der Waals surface area contributed by atoms with Crippen LogP contribution in [0.25, 0.3) is 11.4 Å². The highest BCUT2D eigenvalue weighted by molar-refractivity contribution is 8.01. The van der Waals surface area contributed by atoms with Crippen LogP contribution in [0.2, 0.25) is 0 Å². The molecule has 6 nitrogen and oxygen atoms in total. The Morgan fingerprint density at radius 1 is 1.00 bits per heavy atom. The third-order valence-corrected chi connectivity index (χ3v) is 4.77. The lowest BCUT2D eigenvalue weighted by molar-refractivity contribution is -0.131. The summed E-state index contributed by atoms with van der Waals surface area (Å²) in [6.07, 6.45) is 0. The van der Waals surface area contributed by atoms with Gasteiger partial charge in [0.2, 0.25) is 11.1 Å². The fraction of sp³-hybridized carbons (Fsp3) is 0.158. The molecule has 2 aromatic carbocycles. The van der Waals surface area contributed by atoms with Gasteiger partial charge in [-0.1, -0.05) is 48.5 Å². The number of nitrogens with zero attached hydrogens (tertiary/aromatic N) is 4.